The number of benzene rings is 1. The summed E-state index contributed by atoms with van der Waals surface area (Å²) in [5.41, 5.74) is 17.8. The Morgan fingerprint density at radius 1 is 0.963 bits per heavy atom. The first kappa shape index (κ1) is 20.8. The first-order chi connectivity index (χ1) is 12.5. The fraction of sp³-hybridized carbons (Fsp3) is 0.263. The Balaban J connectivity index is 0.000000224. The molecule has 0 bridgehead atoms. The molecule has 0 unspecified atom stereocenters. The first-order valence-corrected chi connectivity index (χ1v) is 9.22. The van der Waals surface area contributed by atoms with Crippen LogP contribution in [0.15, 0.2) is 30.9 Å². The molecular formula is C19H24IN7. The average Bonchev–Trinajstić information content (AvgIpc) is 3.08. The minimum absolute atomic E-state index is 0. The van der Waals surface area contributed by atoms with Gasteiger partial charge in [0.2, 0.25) is 0 Å². The summed E-state index contributed by atoms with van der Waals surface area (Å²) in [5.74, 6) is 1.10. The Morgan fingerprint density at radius 2 is 1.63 bits per heavy atom. The number of halogens is 1. The molecule has 5 N–H and O–H groups in total. The minimum atomic E-state index is 0. The van der Waals surface area contributed by atoms with Crippen molar-refractivity contribution in [3.63, 3.8) is 0 Å². The summed E-state index contributed by atoms with van der Waals surface area (Å²) in [6, 6.07) is 6.37. The van der Waals surface area contributed by atoms with Crippen molar-refractivity contribution in [2.24, 2.45) is 0 Å². The highest BCUT2D eigenvalue weighted by Gasteiger charge is 2.13. The SMILES string of the molecule is C.Cc1ncnc(N)c1-c1ccc2c(c1)NCC2.Cc1ncnc(N)c1I. The lowest BCUT2D eigenvalue weighted by Gasteiger charge is -2.09. The van der Waals surface area contributed by atoms with Gasteiger partial charge in [0.1, 0.15) is 24.3 Å². The molecule has 0 spiro atoms. The van der Waals surface area contributed by atoms with Crippen molar-refractivity contribution < 1.29 is 0 Å². The Bertz CT molecular complexity index is 903. The van der Waals surface area contributed by atoms with E-state index in [1.165, 1.54) is 23.9 Å². The molecule has 1 aliphatic heterocycles. The van der Waals surface area contributed by atoms with Gasteiger partial charge in [0.25, 0.3) is 0 Å². The molecule has 0 amide bonds. The molecule has 7 nitrogen and oxygen atoms in total. The number of hydrogen-bond donors (Lipinski definition) is 3. The van der Waals surface area contributed by atoms with Gasteiger partial charge in [-0.25, -0.2) is 19.9 Å². The minimum Gasteiger partial charge on any atom is -0.384 e. The molecule has 2 aromatic heterocycles. The zero-order chi connectivity index (χ0) is 18.7. The van der Waals surface area contributed by atoms with Gasteiger partial charge < -0.3 is 16.8 Å². The van der Waals surface area contributed by atoms with Gasteiger partial charge in [-0.2, -0.15) is 0 Å². The predicted octanol–water partition coefficient (Wildman–Crippen LogP) is 3.61. The van der Waals surface area contributed by atoms with Crippen LogP contribution in [0.1, 0.15) is 24.4 Å². The summed E-state index contributed by atoms with van der Waals surface area (Å²) in [5, 5.41) is 3.37. The van der Waals surface area contributed by atoms with Crippen LogP contribution in [0.2, 0.25) is 0 Å². The second kappa shape index (κ2) is 8.94. The summed E-state index contributed by atoms with van der Waals surface area (Å²) < 4.78 is 0.940. The van der Waals surface area contributed by atoms with E-state index in [4.69, 9.17) is 11.5 Å². The molecule has 0 fully saturated rings. The van der Waals surface area contributed by atoms with E-state index in [2.05, 4.69) is 66.0 Å². The quantitative estimate of drug-likeness (QED) is 0.459. The zero-order valence-corrected chi connectivity index (χ0v) is 16.8. The molecule has 0 saturated carbocycles. The summed E-state index contributed by atoms with van der Waals surface area (Å²) >= 11 is 2.12. The van der Waals surface area contributed by atoms with Crippen molar-refractivity contribution in [2.75, 3.05) is 23.3 Å². The van der Waals surface area contributed by atoms with E-state index in [0.717, 1.165) is 39.1 Å². The number of aromatic nitrogens is 4. The van der Waals surface area contributed by atoms with E-state index in [1.54, 1.807) is 0 Å². The Morgan fingerprint density at radius 3 is 2.26 bits per heavy atom. The third-order valence-electron chi connectivity index (χ3n) is 4.17. The van der Waals surface area contributed by atoms with Crippen LogP contribution in [-0.2, 0) is 6.42 Å². The topological polar surface area (TPSA) is 116 Å². The Hall–Kier alpha value is -2.49. The van der Waals surface area contributed by atoms with Crippen LogP contribution < -0.4 is 16.8 Å². The lowest BCUT2D eigenvalue weighted by atomic mass is 10.0. The number of hydrogen-bond acceptors (Lipinski definition) is 7. The van der Waals surface area contributed by atoms with Gasteiger partial charge in [-0.05, 0) is 60.1 Å². The first-order valence-electron chi connectivity index (χ1n) is 8.14. The molecule has 1 aliphatic rings. The van der Waals surface area contributed by atoms with E-state index >= 15 is 0 Å². The number of fused-ring (bicyclic) bond motifs is 1. The summed E-state index contributed by atoms with van der Waals surface area (Å²) in [6.45, 7) is 4.87. The van der Waals surface area contributed by atoms with Crippen LogP contribution in [0.25, 0.3) is 11.1 Å². The molecular weight excluding hydrogens is 453 g/mol. The largest absolute Gasteiger partial charge is 0.384 e. The van der Waals surface area contributed by atoms with Gasteiger partial charge in [-0.15, -0.1) is 0 Å². The third-order valence-corrected chi connectivity index (χ3v) is 5.50. The molecule has 3 heterocycles. The van der Waals surface area contributed by atoms with Crippen molar-refractivity contribution in [3.05, 3.63) is 51.4 Å². The van der Waals surface area contributed by atoms with Gasteiger partial charge in [-0.3, -0.25) is 0 Å². The van der Waals surface area contributed by atoms with E-state index in [0.29, 0.717) is 11.6 Å². The standard InChI is InChI=1S/C13H14N4.C5H6IN3.CH4/c1-8-12(13(14)17-7-16-8)10-3-2-9-4-5-15-11(9)6-10;1-3-4(6)5(7)9-2-8-3;/h2-3,6-7,15H,4-5H2,1H3,(H2,14,16,17);2H,1H3,(H2,7,8,9);1H4. The smallest absolute Gasteiger partial charge is 0.140 e. The predicted molar refractivity (Wildman–Crippen MR) is 119 cm³/mol. The fourth-order valence-corrected chi connectivity index (χ4v) is 3.05. The molecule has 27 heavy (non-hydrogen) atoms. The monoisotopic (exact) mass is 477 g/mol. The lowest BCUT2D eigenvalue weighted by molar-refractivity contribution is 1.09. The van der Waals surface area contributed by atoms with E-state index in [1.807, 2.05) is 13.8 Å². The van der Waals surface area contributed by atoms with Gasteiger partial charge in [0.15, 0.2) is 0 Å². The highest BCUT2D eigenvalue weighted by molar-refractivity contribution is 14.1. The number of nitrogen functional groups attached to an aromatic ring is 2. The number of anilines is 3. The van der Waals surface area contributed by atoms with Gasteiger partial charge in [0, 0.05) is 17.8 Å². The van der Waals surface area contributed by atoms with Crippen LogP contribution in [0.5, 0.6) is 0 Å². The number of nitrogens with two attached hydrogens (primary N) is 2. The van der Waals surface area contributed by atoms with Gasteiger partial charge in [0.05, 0.1) is 15.0 Å². The van der Waals surface area contributed by atoms with Crippen LogP contribution >= 0.6 is 22.6 Å². The highest BCUT2D eigenvalue weighted by atomic mass is 127. The maximum absolute atomic E-state index is 5.93. The molecule has 4 rings (SSSR count). The van der Waals surface area contributed by atoms with E-state index < -0.39 is 0 Å². The summed E-state index contributed by atoms with van der Waals surface area (Å²) in [6.07, 6.45) is 4.06. The third kappa shape index (κ3) is 4.62. The molecule has 142 valence electrons. The van der Waals surface area contributed by atoms with E-state index in [-0.39, 0.29) is 7.43 Å². The second-order valence-electron chi connectivity index (χ2n) is 5.93. The maximum Gasteiger partial charge on any atom is 0.140 e. The van der Waals surface area contributed by atoms with Crippen molar-refractivity contribution >= 4 is 39.9 Å². The molecule has 3 aromatic rings. The van der Waals surface area contributed by atoms with Crippen molar-refractivity contribution in [2.45, 2.75) is 27.7 Å². The van der Waals surface area contributed by atoms with Crippen LogP contribution in [0.4, 0.5) is 17.3 Å². The van der Waals surface area contributed by atoms with Crippen molar-refractivity contribution in [3.8, 4) is 11.1 Å². The average molecular weight is 477 g/mol. The van der Waals surface area contributed by atoms with Gasteiger partial charge >= 0.3 is 0 Å². The number of nitrogens with zero attached hydrogens (tertiary/aromatic N) is 4. The van der Waals surface area contributed by atoms with Crippen molar-refractivity contribution in [1.29, 1.82) is 0 Å². The molecule has 0 aliphatic carbocycles. The molecule has 0 radical (unpaired) electrons. The molecule has 8 heteroatoms. The number of nitrogens with one attached hydrogen (secondary N) is 1. The second-order valence-corrected chi connectivity index (χ2v) is 7.01. The summed E-state index contributed by atoms with van der Waals surface area (Å²) in [7, 11) is 0. The van der Waals surface area contributed by atoms with Crippen LogP contribution in [0, 0.1) is 17.4 Å². The fourth-order valence-electron chi connectivity index (χ4n) is 2.77. The summed E-state index contributed by atoms with van der Waals surface area (Å²) in [4.78, 5) is 16.0. The lowest BCUT2D eigenvalue weighted by Crippen LogP contribution is -1.99. The van der Waals surface area contributed by atoms with E-state index in [9.17, 15) is 0 Å². The van der Waals surface area contributed by atoms with Crippen molar-refractivity contribution in [1.82, 2.24) is 19.9 Å². The number of aryl methyl sites for hydroxylation is 2. The van der Waals surface area contributed by atoms with Crippen LogP contribution in [-0.4, -0.2) is 26.5 Å². The molecule has 0 saturated heterocycles. The molecule has 1 aromatic carbocycles. The normalized spacial score (nSPS) is 11.5. The Kier molecular flexibility index (Phi) is 6.89. The highest BCUT2D eigenvalue weighted by Crippen LogP contribution is 2.32. The molecule has 0 atom stereocenters. The number of rotatable bonds is 1. The maximum atomic E-state index is 5.93. The van der Waals surface area contributed by atoms with Crippen LogP contribution in [0.3, 0.4) is 0 Å². The Labute approximate surface area is 173 Å². The zero-order valence-electron chi connectivity index (χ0n) is 14.6. The van der Waals surface area contributed by atoms with Gasteiger partial charge in [-0.1, -0.05) is 19.6 Å².